The third-order valence-electron chi connectivity index (χ3n) is 4.25. The van der Waals surface area contributed by atoms with Crippen LogP contribution in [0.4, 0.5) is 5.69 Å². The van der Waals surface area contributed by atoms with Gasteiger partial charge < -0.3 is 14.8 Å². The Bertz CT molecular complexity index is 991. The van der Waals surface area contributed by atoms with Crippen LogP contribution in [-0.4, -0.2) is 23.7 Å². The van der Waals surface area contributed by atoms with Gasteiger partial charge >= 0.3 is 4.87 Å². The quantitative estimate of drug-likeness (QED) is 0.669. The average molecular weight is 386 g/mol. The number of nitrogens with one attached hydrogen (secondary N) is 1. The van der Waals surface area contributed by atoms with Crippen LogP contribution in [0, 0.1) is 0 Å². The topological polar surface area (TPSA) is 69.6 Å². The molecule has 0 radical (unpaired) electrons. The Hall–Kier alpha value is -2.80. The summed E-state index contributed by atoms with van der Waals surface area (Å²) < 4.78 is 13.5. The third kappa shape index (κ3) is 4.14. The standard InChI is InChI=1S/C20H22N2O4S/c1-4-17(26-15-9-7-14(25-3)8-10-15)19(23)21-13-6-11-16-18(12-13)27-20(24)22(16)5-2/h6-12,17H,4-5H2,1-3H3,(H,21,23)/t17-/m1/s1. The number of aromatic nitrogens is 1. The summed E-state index contributed by atoms with van der Waals surface area (Å²) in [6, 6.07) is 12.6. The first-order chi connectivity index (χ1) is 13.0. The lowest BCUT2D eigenvalue weighted by Gasteiger charge is -2.17. The van der Waals surface area contributed by atoms with Gasteiger partial charge in [-0.25, -0.2) is 0 Å². The zero-order chi connectivity index (χ0) is 19.4. The van der Waals surface area contributed by atoms with Crippen LogP contribution in [0.15, 0.2) is 47.3 Å². The van der Waals surface area contributed by atoms with Gasteiger partial charge in [0.15, 0.2) is 6.10 Å². The molecule has 1 atom stereocenters. The maximum Gasteiger partial charge on any atom is 0.308 e. The average Bonchev–Trinajstić information content (AvgIpc) is 3.00. The summed E-state index contributed by atoms with van der Waals surface area (Å²) in [6.45, 7) is 4.45. The van der Waals surface area contributed by atoms with E-state index in [2.05, 4.69) is 5.32 Å². The first-order valence-electron chi connectivity index (χ1n) is 8.80. The van der Waals surface area contributed by atoms with E-state index in [0.29, 0.717) is 24.4 Å². The summed E-state index contributed by atoms with van der Waals surface area (Å²) in [5, 5.41) is 2.88. The van der Waals surface area contributed by atoms with Gasteiger partial charge in [-0.1, -0.05) is 18.3 Å². The number of amides is 1. The highest BCUT2D eigenvalue weighted by atomic mass is 32.1. The molecule has 3 rings (SSSR count). The molecule has 1 amide bonds. The number of anilines is 1. The van der Waals surface area contributed by atoms with E-state index < -0.39 is 6.10 Å². The summed E-state index contributed by atoms with van der Waals surface area (Å²) >= 11 is 1.18. The van der Waals surface area contributed by atoms with Crippen LogP contribution >= 0.6 is 11.3 Å². The minimum atomic E-state index is -0.618. The SMILES string of the molecule is CC[C@@H](Oc1ccc(OC)cc1)C(=O)Nc1ccc2c(c1)sc(=O)n2CC. The highest BCUT2D eigenvalue weighted by molar-refractivity contribution is 7.16. The number of hydrogen-bond acceptors (Lipinski definition) is 5. The van der Waals surface area contributed by atoms with Crippen molar-refractivity contribution in [3.8, 4) is 11.5 Å². The number of methoxy groups -OCH3 is 1. The normalized spacial score (nSPS) is 12.0. The lowest BCUT2D eigenvalue weighted by atomic mass is 10.2. The Morgan fingerprint density at radius 2 is 1.85 bits per heavy atom. The summed E-state index contributed by atoms with van der Waals surface area (Å²) in [4.78, 5) is 24.6. The molecule has 1 N–H and O–H groups in total. The molecule has 0 fully saturated rings. The van der Waals surface area contributed by atoms with E-state index in [9.17, 15) is 9.59 Å². The van der Waals surface area contributed by atoms with Gasteiger partial charge in [0.05, 0.1) is 17.3 Å². The highest BCUT2D eigenvalue weighted by Crippen LogP contribution is 2.23. The van der Waals surface area contributed by atoms with E-state index in [1.165, 1.54) is 11.3 Å². The fraction of sp³-hybridized carbons (Fsp3) is 0.300. The van der Waals surface area contributed by atoms with Gasteiger partial charge in [0.25, 0.3) is 5.91 Å². The molecule has 0 unspecified atom stereocenters. The number of benzene rings is 2. The van der Waals surface area contributed by atoms with E-state index in [1.807, 2.05) is 26.0 Å². The lowest BCUT2D eigenvalue weighted by molar-refractivity contribution is -0.122. The van der Waals surface area contributed by atoms with Crippen molar-refractivity contribution in [2.24, 2.45) is 0 Å². The molecular weight excluding hydrogens is 364 g/mol. The first kappa shape index (κ1) is 19.0. The largest absolute Gasteiger partial charge is 0.497 e. The molecular formula is C20H22N2O4S. The molecule has 0 bridgehead atoms. The number of fused-ring (bicyclic) bond motifs is 1. The van der Waals surface area contributed by atoms with Gasteiger partial charge in [-0.05, 0) is 55.8 Å². The van der Waals surface area contributed by atoms with E-state index in [-0.39, 0.29) is 10.8 Å². The number of thiazole rings is 1. The van der Waals surface area contributed by atoms with Gasteiger partial charge in [0, 0.05) is 12.2 Å². The first-order valence-corrected chi connectivity index (χ1v) is 9.62. The van der Waals surface area contributed by atoms with E-state index in [1.54, 1.807) is 42.0 Å². The molecule has 1 heterocycles. The Labute approximate surface area is 161 Å². The summed E-state index contributed by atoms with van der Waals surface area (Å²) in [6.07, 6.45) is -0.0901. The monoisotopic (exact) mass is 386 g/mol. The van der Waals surface area contributed by atoms with Gasteiger partial charge in [-0.3, -0.25) is 14.2 Å². The van der Waals surface area contributed by atoms with Gasteiger partial charge in [-0.2, -0.15) is 0 Å². The number of ether oxygens (including phenoxy) is 2. The molecule has 0 aliphatic heterocycles. The van der Waals surface area contributed by atoms with Crippen molar-refractivity contribution in [3.63, 3.8) is 0 Å². The Kier molecular flexibility index (Phi) is 5.81. The highest BCUT2D eigenvalue weighted by Gasteiger charge is 2.19. The predicted octanol–water partition coefficient (Wildman–Crippen LogP) is 3.89. The molecule has 6 nitrogen and oxygen atoms in total. The molecule has 27 heavy (non-hydrogen) atoms. The maximum atomic E-state index is 12.6. The van der Waals surface area contributed by atoms with Crippen molar-refractivity contribution in [2.75, 3.05) is 12.4 Å². The Morgan fingerprint density at radius 1 is 1.15 bits per heavy atom. The number of carbonyl (C=O) groups is 1. The Balaban J connectivity index is 1.73. The van der Waals surface area contributed by atoms with Crippen molar-refractivity contribution in [3.05, 3.63) is 52.1 Å². The van der Waals surface area contributed by atoms with Crippen LogP contribution in [0.25, 0.3) is 10.2 Å². The summed E-state index contributed by atoms with van der Waals surface area (Å²) in [7, 11) is 1.60. The molecule has 142 valence electrons. The number of hydrogen-bond donors (Lipinski definition) is 1. The molecule has 7 heteroatoms. The number of rotatable bonds is 7. The molecule has 0 saturated carbocycles. The van der Waals surface area contributed by atoms with Gasteiger partial charge in [-0.15, -0.1) is 0 Å². The second kappa shape index (κ2) is 8.26. The number of nitrogens with zero attached hydrogens (tertiary/aromatic N) is 1. The van der Waals surface area contributed by atoms with Crippen LogP contribution in [0.3, 0.4) is 0 Å². The van der Waals surface area contributed by atoms with Crippen LogP contribution < -0.4 is 19.7 Å². The second-order valence-electron chi connectivity index (χ2n) is 5.97. The Morgan fingerprint density at radius 3 is 2.48 bits per heavy atom. The zero-order valence-electron chi connectivity index (χ0n) is 15.5. The van der Waals surface area contributed by atoms with Crippen molar-refractivity contribution in [2.45, 2.75) is 32.9 Å². The van der Waals surface area contributed by atoms with Crippen molar-refractivity contribution < 1.29 is 14.3 Å². The number of carbonyl (C=O) groups excluding carboxylic acids is 1. The molecule has 0 saturated heterocycles. The molecule has 3 aromatic rings. The fourth-order valence-electron chi connectivity index (χ4n) is 2.81. The second-order valence-corrected chi connectivity index (χ2v) is 6.97. The smallest absolute Gasteiger partial charge is 0.308 e. The minimum Gasteiger partial charge on any atom is -0.497 e. The molecule has 1 aromatic heterocycles. The third-order valence-corrected chi connectivity index (χ3v) is 5.19. The van der Waals surface area contributed by atoms with Crippen LogP contribution in [-0.2, 0) is 11.3 Å². The zero-order valence-corrected chi connectivity index (χ0v) is 16.3. The van der Waals surface area contributed by atoms with E-state index in [0.717, 1.165) is 16.0 Å². The molecule has 0 spiro atoms. The minimum absolute atomic E-state index is 0.00486. The lowest BCUT2D eigenvalue weighted by Crippen LogP contribution is -2.32. The van der Waals surface area contributed by atoms with Crippen molar-refractivity contribution >= 4 is 33.1 Å². The molecule has 0 aliphatic carbocycles. The van der Waals surface area contributed by atoms with Gasteiger partial charge in [0.2, 0.25) is 0 Å². The fourth-order valence-corrected chi connectivity index (χ4v) is 3.80. The van der Waals surface area contributed by atoms with Gasteiger partial charge in [0.1, 0.15) is 11.5 Å². The predicted molar refractivity (Wildman–Crippen MR) is 108 cm³/mol. The summed E-state index contributed by atoms with van der Waals surface area (Å²) in [5.41, 5.74) is 1.53. The van der Waals surface area contributed by atoms with Crippen LogP contribution in [0.2, 0.25) is 0 Å². The van der Waals surface area contributed by atoms with Crippen LogP contribution in [0.1, 0.15) is 20.3 Å². The summed E-state index contributed by atoms with van der Waals surface area (Å²) in [5.74, 6) is 1.10. The van der Waals surface area contributed by atoms with Crippen LogP contribution in [0.5, 0.6) is 11.5 Å². The molecule has 0 aliphatic rings. The van der Waals surface area contributed by atoms with E-state index >= 15 is 0 Å². The maximum absolute atomic E-state index is 12.6. The van der Waals surface area contributed by atoms with E-state index in [4.69, 9.17) is 9.47 Å². The van der Waals surface area contributed by atoms with Crippen molar-refractivity contribution in [1.29, 1.82) is 0 Å². The van der Waals surface area contributed by atoms with Crippen molar-refractivity contribution in [1.82, 2.24) is 4.57 Å². The number of aryl methyl sites for hydroxylation is 1. The molecule has 2 aromatic carbocycles.